The first-order valence-corrected chi connectivity index (χ1v) is 3.66. The van der Waals surface area contributed by atoms with E-state index in [0.717, 1.165) is 0 Å². The number of nitrogens with one attached hydrogen (secondary N) is 1. The van der Waals surface area contributed by atoms with E-state index >= 15 is 0 Å². The van der Waals surface area contributed by atoms with Crippen LogP contribution >= 0.6 is 0 Å². The minimum atomic E-state index is -0.0104. The summed E-state index contributed by atoms with van der Waals surface area (Å²) < 4.78 is 4.88. The molecule has 10 heavy (non-hydrogen) atoms. The molecule has 0 bridgehead atoms. The number of carbonyl (C=O) groups excluding carboxylic acids is 1. The lowest BCUT2D eigenvalue weighted by Gasteiger charge is -2.18. The van der Waals surface area contributed by atoms with Crippen LogP contribution in [0.4, 0.5) is 0 Å². The molecule has 1 saturated heterocycles. The van der Waals surface area contributed by atoms with Crippen molar-refractivity contribution in [1.82, 2.24) is 5.32 Å². The van der Waals surface area contributed by atoms with E-state index in [0.29, 0.717) is 6.61 Å². The number of morpholine rings is 1. The van der Waals surface area contributed by atoms with E-state index in [9.17, 15) is 4.79 Å². The van der Waals surface area contributed by atoms with Crippen LogP contribution in [-0.2, 0) is 9.53 Å². The molecule has 0 radical (unpaired) electrons. The first-order chi connectivity index (χ1) is 4.79. The van der Waals surface area contributed by atoms with Crippen LogP contribution in [-0.4, -0.2) is 25.2 Å². The molecule has 3 heteroatoms. The molecule has 1 aliphatic heterocycles. The fourth-order valence-corrected chi connectivity index (χ4v) is 0.687. The van der Waals surface area contributed by atoms with Gasteiger partial charge in [0.1, 0.15) is 6.61 Å². The second kappa shape index (κ2) is 5.23. The van der Waals surface area contributed by atoms with E-state index < -0.39 is 0 Å². The summed E-state index contributed by atoms with van der Waals surface area (Å²) in [6.07, 6.45) is 0. The van der Waals surface area contributed by atoms with Gasteiger partial charge in [0, 0.05) is 6.04 Å². The quantitative estimate of drug-likeness (QED) is 0.540. The number of ether oxygens (including phenoxy) is 1. The van der Waals surface area contributed by atoms with Crippen LogP contribution in [0, 0.1) is 0 Å². The van der Waals surface area contributed by atoms with Crippen LogP contribution in [0.1, 0.15) is 20.8 Å². The highest BCUT2D eigenvalue weighted by molar-refractivity contribution is 5.78. The zero-order valence-corrected chi connectivity index (χ0v) is 6.81. The number of hydrogen-bond donors (Lipinski definition) is 1. The number of hydrogen-bond acceptors (Lipinski definition) is 2. The lowest BCUT2D eigenvalue weighted by atomic mass is 10.3. The van der Waals surface area contributed by atoms with Gasteiger partial charge in [-0.05, 0) is 6.92 Å². The number of rotatable bonds is 0. The predicted octanol–water partition coefficient (Wildman–Crippen LogP) is 0.547. The molecule has 1 amide bonds. The van der Waals surface area contributed by atoms with Crippen LogP contribution in [0.5, 0.6) is 0 Å². The molecule has 0 aliphatic carbocycles. The topological polar surface area (TPSA) is 38.3 Å². The van der Waals surface area contributed by atoms with Gasteiger partial charge < -0.3 is 10.1 Å². The van der Waals surface area contributed by atoms with E-state index in [2.05, 4.69) is 5.32 Å². The third kappa shape index (κ3) is 3.45. The molecule has 0 saturated carbocycles. The Morgan fingerprint density at radius 3 is 2.50 bits per heavy atom. The third-order valence-electron chi connectivity index (χ3n) is 1.01. The summed E-state index contributed by atoms with van der Waals surface area (Å²) in [5, 5.41) is 2.72. The van der Waals surface area contributed by atoms with Crippen LogP contribution < -0.4 is 5.32 Å². The van der Waals surface area contributed by atoms with Gasteiger partial charge in [0.25, 0.3) is 0 Å². The Labute approximate surface area is 61.8 Å². The highest BCUT2D eigenvalue weighted by Crippen LogP contribution is 1.90. The van der Waals surface area contributed by atoms with Crippen LogP contribution in [0.25, 0.3) is 0 Å². The van der Waals surface area contributed by atoms with Crippen molar-refractivity contribution in [3.8, 4) is 0 Å². The number of amides is 1. The Morgan fingerprint density at radius 1 is 1.60 bits per heavy atom. The Balaban J connectivity index is 0.000000371. The summed E-state index contributed by atoms with van der Waals surface area (Å²) >= 11 is 0. The molecule has 1 rings (SSSR count). The monoisotopic (exact) mass is 145 g/mol. The average Bonchev–Trinajstić information content (AvgIpc) is 1.91. The van der Waals surface area contributed by atoms with Gasteiger partial charge in [-0.3, -0.25) is 4.79 Å². The fraction of sp³-hybridized carbons (Fsp3) is 0.857. The van der Waals surface area contributed by atoms with Crippen molar-refractivity contribution in [2.24, 2.45) is 0 Å². The first kappa shape index (κ1) is 9.43. The lowest BCUT2D eigenvalue weighted by Crippen LogP contribution is -2.43. The molecular formula is C7H15NO2. The zero-order chi connectivity index (χ0) is 7.98. The summed E-state index contributed by atoms with van der Waals surface area (Å²) in [4.78, 5) is 10.4. The molecule has 60 valence electrons. The molecule has 1 atom stereocenters. The van der Waals surface area contributed by atoms with Crippen molar-refractivity contribution in [3.63, 3.8) is 0 Å². The summed E-state index contributed by atoms with van der Waals surface area (Å²) in [5.74, 6) is -0.0104. The van der Waals surface area contributed by atoms with E-state index in [-0.39, 0.29) is 18.6 Å². The van der Waals surface area contributed by atoms with E-state index in [1.807, 2.05) is 20.8 Å². The first-order valence-electron chi connectivity index (χ1n) is 3.66. The molecule has 1 fully saturated rings. The van der Waals surface area contributed by atoms with Gasteiger partial charge in [-0.25, -0.2) is 0 Å². The Hall–Kier alpha value is -0.570. The molecule has 1 unspecified atom stereocenters. The number of carbonyl (C=O) groups is 1. The lowest BCUT2D eigenvalue weighted by molar-refractivity contribution is -0.130. The molecule has 0 spiro atoms. The maximum absolute atomic E-state index is 10.4. The predicted molar refractivity (Wildman–Crippen MR) is 39.8 cm³/mol. The highest BCUT2D eigenvalue weighted by Gasteiger charge is 2.12. The van der Waals surface area contributed by atoms with Gasteiger partial charge in [0.05, 0.1) is 6.61 Å². The van der Waals surface area contributed by atoms with Crippen molar-refractivity contribution >= 4 is 5.91 Å². The Bertz CT molecular complexity index is 104. The van der Waals surface area contributed by atoms with E-state index in [1.54, 1.807) is 0 Å². The highest BCUT2D eigenvalue weighted by atomic mass is 16.5. The van der Waals surface area contributed by atoms with Gasteiger partial charge in [0.15, 0.2) is 0 Å². The Morgan fingerprint density at radius 2 is 2.20 bits per heavy atom. The Kier molecular flexibility index (Phi) is 4.94. The molecule has 0 aromatic carbocycles. The second-order valence-corrected chi connectivity index (χ2v) is 1.98. The van der Waals surface area contributed by atoms with Crippen molar-refractivity contribution < 1.29 is 9.53 Å². The molecule has 1 aliphatic rings. The summed E-state index contributed by atoms with van der Waals surface area (Å²) in [6, 6.07) is 0.191. The fourth-order valence-electron chi connectivity index (χ4n) is 0.687. The minimum absolute atomic E-state index is 0.0104. The van der Waals surface area contributed by atoms with E-state index in [1.165, 1.54) is 0 Å². The summed E-state index contributed by atoms with van der Waals surface area (Å²) in [5.41, 5.74) is 0. The third-order valence-corrected chi connectivity index (χ3v) is 1.01. The van der Waals surface area contributed by atoms with Crippen LogP contribution in [0.3, 0.4) is 0 Å². The molecular weight excluding hydrogens is 130 g/mol. The summed E-state index contributed by atoms with van der Waals surface area (Å²) in [6.45, 7) is 6.78. The van der Waals surface area contributed by atoms with Gasteiger partial charge in [-0.1, -0.05) is 13.8 Å². The normalized spacial score (nSPS) is 24.3. The standard InChI is InChI=1S/C5H9NO2.C2H6/c1-4-2-8-3-5(7)6-4;1-2/h4H,2-3H2,1H3,(H,6,7);1-2H3. The van der Waals surface area contributed by atoms with E-state index in [4.69, 9.17) is 4.74 Å². The average molecular weight is 145 g/mol. The smallest absolute Gasteiger partial charge is 0.246 e. The van der Waals surface area contributed by atoms with Gasteiger partial charge in [-0.2, -0.15) is 0 Å². The molecule has 1 N–H and O–H groups in total. The van der Waals surface area contributed by atoms with Crippen LogP contribution in [0.2, 0.25) is 0 Å². The van der Waals surface area contributed by atoms with Gasteiger partial charge >= 0.3 is 0 Å². The van der Waals surface area contributed by atoms with Gasteiger partial charge in [-0.15, -0.1) is 0 Å². The van der Waals surface area contributed by atoms with Crippen molar-refractivity contribution in [1.29, 1.82) is 0 Å². The summed E-state index contributed by atoms with van der Waals surface area (Å²) in [7, 11) is 0. The van der Waals surface area contributed by atoms with Crippen LogP contribution in [0.15, 0.2) is 0 Å². The van der Waals surface area contributed by atoms with Crippen molar-refractivity contribution in [2.75, 3.05) is 13.2 Å². The van der Waals surface area contributed by atoms with Crippen molar-refractivity contribution in [3.05, 3.63) is 0 Å². The van der Waals surface area contributed by atoms with Crippen molar-refractivity contribution in [2.45, 2.75) is 26.8 Å². The largest absolute Gasteiger partial charge is 0.370 e. The molecule has 0 aromatic heterocycles. The molecule has 1 heterocycles. The minimum Gasteiger partial charge on any atom is -0.370 e. The zero-order valence-electron chi connectivity index (χ0n) is 6.81. The molecule has 0 aromatic rings. The maximum atomic E-state index is 10.4. The maximum Gasteiger partial charge on any atom is 0.246 e. The second-order valence-electron chi connectivity index (χ2n) is 1.98. The SMILES string of the molecule is CC.CC1COCC(=O)N1. The van der Waals surface area contributed by atoms with Gasteiger partial charge in [0.2, 0.25) is 5.91 Å². The molecule has 3 nitrogen and oxygen atoms in total.